The molecule has 0 unspecified atom stereocenters. The molecule has 0 radical (unpaired) electrons. The summed E-state index contributed by atoms with van der Waals surface area (Å²) in [4.78, 5) is 5.21. The molecule has 0 amide bonds. The summed E-state index contributed by atoms with van der Waals surface area (Å²) in [6.45, 7) is 10.3. The van der Waals surface area contributed by atoms with Crippen LogP contribution in [0.3, 0.4) is 0 Å². The van der Waals surface area contributed by atoms with E-state index in [2.05, 4.69) is 15.1 Å². The summed E-state index contributed by atoms with van der Waals surface area (Å²) < 4.78 is 5.82. The highest BCUT2D eigenvalue weighted by atomic mass is 16.5. The highest BCUT2D eigenvalue weighted by molar-refractivity contribution is 5.94. The van der Waals surface area contributed by atoms with Gasteiger partial charge in [0.05, 0.1) is 6.61 Å². The third-order valence-corrected chi connectivity index (χ3v) is 6.31. The van der Waals surface area contributed by atoms with E-state index < -0.39 is 0 Å². The maximum absolute atomic E-state index is 7.42. The summed E-state index contributed by atoms with van der Waals surface area (Å²) in [5, 5.41) is 10.9. The van der Waals surface area contributed by atoms with Crippen molar-refractivity contribution in [3.63, 3.8) is 0 Å². The number of amidine groups is 1. The van der Waals surface area contributed by atoms with Gasteiger partial charge in [0.25, 0.3) is 0 Å². The Bertz CT molecular complexity index is 592. The molecule has 6 heteroatoms. The second-order valence-corrected chi connectivity index (χ2v) is 8.51. The van der Waals surface area contributed by atoms with Crippen molar-refractivity contribution in [2.45, 2.75) is 38.5 Å². The Hall–Kier alpha value is -1.63. The Kier molecular flexibility index (Phi) is 9.25. The summed E-state index contributed by atoms with van der Waals surface area (Å²) in [5.41, 5.74) is 6.21. The fourth-order valence-corrected chi connectivity index (χ4v) is 4.38. The van der Waals surface area contributed by atoms with E-state index in [1.807, 2.05) is 24.3 Å². The Balaban J connectivity index is 1.19. The van der Waals surface area contributed by atoms with Crippen molar-refractivity contribution in [1.82, 2.24) is 15.1 Å². The monoisotopic (exact) mass is 401 g/mol. The van der Waals surface area contributed by atoms with Gasteiger partial charge in [-0.25, -0.2) is 0 Å². The predicted octanol–water partition coefficient (Wildman–Crippen LogP) is 2.53. The fraction of sp³-hybridized carbons (Fsp3) is 0.696. The molecule has 6 nitrogen and oxygen atoms in total. The van der Waals surface area contributed by atoms with Crippen LogP contribution in [0.15, 0.2) is 24.3 Å². The van der Waals surface area contributed by atoms with Gasteiger partial charge in [0, 0.05) is 38.3 Å². The summed E-state index contributed by atoms with van der Waals surface area (Å²) >= 11 is 0. The van der Waals surface area contributed by atoms with Crippen LogP contribution in [0.25, 0.3) is 0 Å². The van der Waals surface area contributed by atoms with Gasteiger partial charge in [-0.1, -0.05) is 12.8 Å². The van der Waals surface area contributed by atoms with Gasteiger partial charge in [0.15, 0.2) is 0 Å². The smallest absolute Gasteiger partial charge is 0.122 e. The SMILES string of the molecule is N=C(N)c1ccc(OCCCN2CCN(CCCCC3CCNCC3)CC2)cc1. The molecule has 1 aromatic rings. The van der Waals surface area contributed by atoms with Gasteiger partial charge in [0.1, 0.15) is 11.6 Å². The average molecular weight is 402 g/mol. The molecule has 0 aliphatic carbocycles. The molecule has 2 aliphatic heterocycles. The number of nitrogens with two attached hydrogens (primary N) is 1. The number of nitrogens with zero attached hydrogens (tertiary/aromatic N) is 2. The van der Waals surface area contributed by atoms with E-state index in [0.717, 1.165) is 36.8 Å². The van der Waals surface area contributed by atoms with Gasteiger partial charge in [-0.3, -0.25) is 5.41 Å². The van der Waals surface area contributed by atoms with Gasteiger partial charge in [-0.15, -0.1) is 0 Å². The lowest BCUT2D eigenvalue weighted by atomic mass is 9.92. The van der Waals surface area contributed by atoms with Crippen LogP contribution < -0.4 is 15.8 Å². The fourth-order valence-electron chi connectivity index (χ4n) is 4.38. The standard InChI is InChI=1S/C23H39N5O/c24-23(25)21-5-7-22(8-6-21)29-19-3-14-28-17-15-27(16-18-28)13-2-1-4-20-9-11-26-12-10-20/h5-8,20,26H,1-4,9-19H2,(H3,24,25). The average Bonchev–Trinajstić information content (AvgIpc) is 2.76. The van der Waals surface area contributed by atoms with Crippen molar-refractivity contribution < 1.29 is 4.74 Å². The first-order valence-corrected chi connectivity index (χ1v) is 11.4. The summed E-state index contributed by atoms with van der Waals surface area (Å²) in [5.74, 6) is 1.92. The highest BCUT2D eigenvalue weighted by Gasteiger charge is 2.17. The molecular formula is C23H39N5O. The number of ether oxygens (including phenoxy) is 1. The van der Waals surface area contributed by atoms with E-state index in [0.29, 0.717) is 0 Å². The van der Waals surface area contributed by atoms with Crippen LogP contribution in [0.4, 0.5) is 0 Å². The molecule has 162 valence electrons. The molecule has 4 N–H and O–H groups in total. The summed E-state index contributed by atoms with van der Waals surface area (Å²) in [7, 11) is 0. The van der Waals surface area contributed by atoms with E-state index in [9.17, 15) is 0 Å². The van der Waals surface area contributed by atoms with Crippen molar-refractivity contribution in [3.05, 3.63) is 29.8 Å². The van der Waals surface area contributed by atoms with Crippen molar-refractivity contribution in [2.75, 3.05) is 59.0 Å². The van der Waals surface area contributed by atoms with E-state index >= 15 is 0 Å². The minimum atomic E-state index is 0.0949. The zero-order chi connectivity index (χ0) is 20.3. The number of benzene rings is 1. The molecule has 0 spiro atoms. The molecule has 1 aromatic carbocycles. The molecule has 2 aliphatic rings. The topological polar surface area (TPSA) is 77.6 Å². The second kappa shape index (κ2) is 12.2. The molecule has 2 heterocycles. The number of hydrogen-bond donors (Lipinski definition) is 3. The third-order valence-electron chi connectivity index (χ3n) is 6.31. The van der Waals surface area contributed by atoms with E-state index in [1.54, 1.807) is 0 Å². The third kappa shape index (κ3) is 7.96. The number of nitrogen functional groups attached to an aromatic ring is 1. The lowest BCUT2D eigenvalue weighted by molar-refractivity contribution is 0.124. The number of rotatable bonds is 11. The summed E-state index contributed by atoms with van der Waals surface area (Å²) in [6, 6.07) is 7.45. The lowest BCUT2D eigenvalue weighted by Crippen LogP contribution is -2.46. The van der Waals surface area contributed by atoms with E-state index in [-0.39, 0.29) is 5.84 Å². The maximum Gasteiger partial charge on any atom is 0.122 e. The minimum absolute atomic E-state index is 0.0949. The first kappa shape index (κ1) is 22.1. The van der Waals surface area contributed by atoms with Crippen molar-refractivity contribution in [1.29, 1.82) is 5.41 Å². The lowest BCUT2D eigenvalue weighted by Gasteiger charge is -2.34. The highest BCUT2D eigenvalue weighted by Crippen LogP contribution is 2.19. The molecule has 0 bridgehead atoms. The predicted molar refractivity (Wildman–Crippen MR) is 120 cm³/mol. The summed E-state index contributed by atoms with van der Waals surface area (Å²) in [6.07, 6.45) is 8.00. The molecule has 0 atom stereocenters. The molecule has 0 aromatic heterocycles. The van der Waals surface area contributed by atoms with Crippen molar-refractivity contribution in [2.24, 2.45) is 11.7 Å². The molecule has 2 fully saturated rings. The zero-order valence-corrected chi connectivity index (χ0v) is 17.9. The van der Waals surface area contributed by atoms with Crippen LogP contribution in [0.2, 0.25) is 0 Å². The zero-order valence-electron chi connectivity index (χ0n) is 17.9. The Morgan fingerprint density at radius 3 is 2.21 bits per heavy atom. The Labute approximate surface area is 176 Å². The number of nitrogens with one attached hydrogen (secondary N) is 2. The first-order valence-electron chi connectivity index (χ1n) is 11.4. The van der Waals surface area contributed by atoms with E-state index in [4.69, 9.17) is 15.9 Å². The van der Waals surface area contributed by atoms with Crippen LogP contribution in [-0.4, -0.2) is 74.6 Å². The van der Waals surface area contributed by atoms with Gasteiger partial charge in [0.2, 0.25) is 0 Å². The number of hydrogen-bond acceptors (Lipinski definition) is 5. The van der Waals surface area contributed by atoms with E-state index in [1.165, 1.54) is 77.9 Å². The second-order valence-electron chi connectivity index (χ2n) is 8.51. The molecule has 3 rings (SSSR count). The van der Waals surface area contributed by atoms with Crippen LogP contribution in [-0.2, 0) is 0 Å². The first-order chi connectivity index (χ1) is 14.2. The quantitative estimate of drug-likeness (QED) is 0.302. The molecule has 2 saturated heterocycles. The van der Waals surface area contributed by atoms with Gasteiger partial charge < -0.3 is 25.6 Å². The molecule has 0 saturated carbocycles. The molecular weight excluding hydrogens is 362 g/mol. The largest absolute Gasteiger partial charge is 0.494 e. The number of piperidine rings is 1. The van der Waals surface area contributed by atoms with Gasteiger partial charge >= 0.3 is 0 Å². The van der Waals surface area contributed by atoms with Crippen LogP contribution in [0, 0.1) is 11.3 Å². The van der Waals surface area contributed by atoms with Gasteiger partial charge in [-0.05, 0) is 75.5 Å². The Morgan fingerprint density at radius 2 is 1.59 bits per heavy atom. The number of unbranched alkanes of at least 4 members (excludes halogenated alkanes) is 1. The van der Waals surface area contributed by atoms with Crippen molar-refractivity contribution in [3.8, 4) is 5.75 Å². The van der Waals surface area contributed by atoms with Crippen LogP contribution in [0.5, 0.6) is 5.75 Å². The van der Waals surface area contributed by atoms with Crippen LogP contribution in [0.1, 0.15) is 44.1 Å². The normalized spacial score (nSPS) is 19.3. The maximum atomic E-state index is 7.42. The van der Waals surface area contributed by atoms with Gasteiger partial charge in [-0.2, -0.15) is 0 Å². The number of piperazine rings is 1. The van der Waals surface area contributed by atoms with Crippen LogP contribution >= 0.6 is 0 Å². The minimum Gasteiger partial charge on any atom is -0.494 e. The molecule has 29 heavy (non-hydrogen) atoms. The Morgan fingerprint density at radius 1 is 0.966 bits per heavy atom. The van der Waals surface area contributed by atoms with Crippen molar-refractivity contribution >= 4 is 5.84 Å².